The van der Waals surface area contributed by atoms with Crippen molar-refractivity contribution >= 4 is 34.7 Å². The summed E-state index contributed by atoms with van der Waals surface area (Å²) in [5.41, 5.74) is 1.59. The number of fused-ring (bicyclic) bond motifs is 1. The zero-order valence-corrected chi connectivity index (χ0v) is 13.4. The molecule has 0 radical (unpaired) electrons. The van der Waals surface area contributed by atoms with E-state index in [4.69, 9.17) is 0 Å². The lowest BCUT2D eigenvalue weighted by atomic mass is 9.84. The molecule has 3 N–H and O–H groups in total. The number of hydrogen-bond acceptors (Lipinski definition) is 6. The Morgan fingerprint density at radius 2 is 2.19 bits per heavy atom. The topological polar surface area (TPSA) is 78.5 Å². The van der Waals surface area contributed by atoms with E-state index in [-0.39, 0.29) is 0 Å². The van der Waals surface area contributed by atoms with Crippen molar-refractivity contribution in [2.24, 2.45) is 0 Å². The number of aromatic amines is 1. The number of imidazole rings is 1. The highest BCUT2D eigenvalue weighted by molar-refractivity contribution is 8.00. The zero-order valence-electron chi connectivity index (χ0n) is 12.6. The summed E-state index contributed by atoms with van der Waals surface area (Å²) in [5, 5.41) is 6.74. The molecule has 0 amide bonds. The van der Waals surface area contributed by atoms with Crippen molar-refractivity contribution in [3.05, 3.63) is 6.33 Å². The molecule has 0 bridgehead atoms. The molecular weight excluding hydrogens is 284 g/mol. The number of nitrogens with zero attached hydrogens (tertiary/aromatic N) is 3. The minimum absolute atomic E-state index is 0.369. The SMILES string of the molecule is CCCNc1nc(NCC2(SC)CCC2)c2[nH]cnc2n1. The van der Waals surface area contributed by atoms with E-state index >= 15 is 0 Å². The third kappa shape index (κ3) is 2.92. The van der Waals surface area contributed by atoms with Crippen LogP contribution >= 0.6 is 11.8 Å². The summed E-state index contributed by atoms with van der Waals surface area (Å²) in [5.74, 6) is 1.49. The van der Waals surface area contributed by atoms with Crippen LogP contribution in [0.2, 0.25) is 0 Å². The van der Waals surface area contributed by atoms with Crippen molar-refractivity contribution in [2.75, 3.05) is 30.0 Å². The molecule has 2 aromatic heterocycles. The smallest absolute Gasteiger partial charge is 0.226 e. The third-order valence-electron chi connectivity index (χ3n) is 4.09. The van der Waals surface area contributed by atoms with Crippen LogP contribution < -0.4 is 10.6 Å². The molecule has 0 saturated heterocycles. The van der Waals surface area contributed by atoms with Crippen LogP contribution in [0.1, 0.15) is 32.6 Å². The Kier molecular flexibility index (Phi) is 4.19. The Morgan fingerprint density at radius 3 is 2.86 bits per heavy atom. The van der Waals surface area contributed by atoms with Crippen LogP contribution in [0.4, 0.5) is 11.8 Å². The van der Waals surface area contributed by atoms with Gasteiger partial charge in [0, 0.05) is 17.8 Å². The minimum atomic E-state index is 0.369. The molecule has 0 spiro atoms. The second kappa shape index (κ2) is 6.09. The van der Waals surface area contributed by atoms with Gasteiger partial charge in [-0.1, -0.05) is 13.3 Å². The lowest BCUT2D eigenvalue weighted by molar-refractivity contribution is 0.379. The van der Waals surface area contributed by atoms with E-state index in [1.54, 1.807) is 6.33 Å². The summed E-state index contributed by atoms with van der Waals surface area (Å²) >= 11 is 1.96. The van der Waals surface area contributed by atoms with Crippen LogP contribution in [-0.2, 0) is 0 Å². The van der Waals surface area contributed by atoms with Gasteiger partial charge in [-0.05, 0) is 25.5 Å². The molecule has 1 aliphatic rings. The van der Waals surface area contributed by atoms with Gasteiger partial charge in [-0.3, -0.25) is 0 Å². The molecule has 0 unspecified atom stereocenters. The molecule has 3 rings (SSSR count). The molecule has 114 valence electrons. The van der Waals surface area contributed by atoms with Gasteiger partial charge in [0.2, 0.25) is 5.95 Å². The highest BCUT2D eigenvalue weighted by Crippen LogP contribution is 2.42. The van der Waals surface area contributed by atoms with Crippen molar-refractivity contribution in [3.63, 3.8) is 0 Å². The minimum Gasteiger partial charge on any atom is -0.367 e. The van der Waals surface area contributed by atoms with Gasteiger partial charge in [0.05, 0.1) is 6.33 Å². The molecule has 7 heteroatoms. The Balaban J connectivity index is 1.80. The Labute approximate surface area is 128 Å². The fourth-order valence-electron chi connectivity index (χ4n) is 2.55. The van der Waals surface area contributed by atoms with Crippen LogP contribution in [0, 0.1) is 0 Å². The molecule has 0 aromatic carbocycles. The predicted octanol–water partition coefficient (Wildman–Crippen LogP) is 2.87. The first-order chi connectivity index (χ1) is 10.3. The van der Waals surface area contributed by atoms with E-state index in [1.165, 1.54) is 19.3 Å². The number of nitrogens with one attached hydrogen (secondary N) is 3. The second-order valence-electron chi connectivity index (χ2n) is 5.52. The van der Waals surface area contributed by atoms with E-state index in [1.807, 2.05) is 11.8 Å². The molecule has 1 saturated carbocycles. The van der Waals surface area contributed by atoms with Crippen LogP contribution in [0.25, 0.3) is 11.2 Å². The number of thioether (sulfide) groups is 1. The molecule has 2 aromatic rings. The average Bonchev–Trinajstić information content (AvgIpc) is 2.92. The van der Waals surface area contributed by atoms with Gasteiger partial charge in [-0.2, -0.15) is 21.7 Å². The Hall–Kier alpha value is -1.50. The van der Waals surface area contributed by atoms with Crippen LogP contribution in [0.15, 0.2) is 6.33 Å². The molecule has 6 nitrogen and oxygen atoms in total. The van der Waals surface area contributed by atoms with Gasteiger partial charge < -0.3 is 15.6 Å². The number of anilines is 2. The molecular formula is C14H22N6S. The standard InChI is InChI=1S/C14H22N6S/c1-3-7-15-13-19-11(10-12(20-13)18-9-17-10)16-8-14(21-2)5-4-6-14/h9H,3-8H2,1-2H3,(H3,15,16,17,18,19,20). The van der Waals surface area contributed by atoms with Crippen molar-refractivity contribution in [1.82, 2.24) is 19.9 Å². The molecule has 2 heterocycles. The summed E-state index contributed by atoms with van der Waals surface area (Å²) < 4.78 is 0.369. The van der Waals surface area contributed by atoms with E-state index in [2.05, 4.69) is 43.7 Å². The average molecular weight is 306 g/mol. The lowest BCUT2D eigenvalue weighted by Gasteiger charge is -2.40. The summed E-state index contributed by atoms with van der Waals surface area (Å²) in [6.07, 6.45) is 8.79. The van der Waals surface area contributed by atoms with E-state index in [9.17, 15) is 0 Å². The molecule has 0 aliphatic heterocycles. The van der Waals surface area contributed by atoms with Gasteiger partial charge in [0.25, 0.3) is 0 Å². The summed E-state index contributed by atoms with van der Waals surface area (Å²) in [6.45, 7) is 3.93. The largest absolute Gasteiger partial charge is 0.367 e. The second-order valence-corrected chi connectivity index (χ2v) is 6.79. The van der Waals surface area contributed by atoms with Crippen LogP contribution in [-0.4, -0.2) is 44.0 Å². The van der Waals surface area contributed by atoms with Crippen molar-refractivity contribution < 1.29 is 0 Å². The number of H-pyrrole nitrogens is 1. The van der Waals surface area contributed by atoms with Gasteiger partial charge >= 0.3 is 0 Å². The predicted molar refractivity (Wildman–Crippen MR) is 89.1 cm³/mol. The monoisotopic (exact) mass is 306 g/mol. The van der Waals surface area contributed by atoms with Crippen molar-refractivity contribution in [3.8, 4) is 0 Å². The summed E-state index contributed by atoms with van der Waals surface area (Å²) in [4.78, 5) is 16.4. The fourth-order valence-corrected chi connectivity index (χ4v) is 3.46. The number of hydrogen-bond donors (Lipinski definition) is 3. The van der Waals surface area contributed by atoms with Crippen LogP contribution in [0.5, 0.6) is 0 Å². The number of aromatic nitrogens is 4. The van der Waals surface area contributed by atoms with Crippen LogP contribution in [0.3, 0.4) is 0 Å². The molecule has 0 atom stereocenters. The lowest BCUT2D eigenvalue weighted by Crippen LogP contribution is -2.40. The van der Waals surface area contributed by atoms with Gasteiger partial charge in [-0.25, -0.2) is 4.98 Å². The zero-order chi connectivity index (χ0) is 14.7. The third-order valence-corrected chi connectivity index (χ3v) is 5.51. The first-order valence-corrected chi connectivity index (χ1v) is 8.73. The summed E-state index contributed by atoms with van der Waals surface area (Å²) in [7, 11) is 0. The Bertz CT molecular complexity index is 601. The first kappa shape index (κ1) is 14.4. The highest BCUT2D eigenvalue weighted by atomic mass is 32.2. The highest BCUT2D eigenvalue weighted by Gasteiger charge is 2.36. The maximum Gasteiger partial charge on any atom is 0.226 e. The van der Waals surface area contributed by atoms with E-state index in [0.717, 1.165) is 30.8 Å². The van der Waals surface area contributed by atoms with Gasteiger partial charge in [0.15, 0.2) is 11.5 Å². The Morgan fingerprint density at radius 1 is 1.33 bits per heavy atom. The van der Waals surface area contributed by atoms with Gasteiger partial charge in [0.1, 0.15) is 5.52 Å². The van der Waals surface area contributed by atoms with E-state index in [0.29, 0.717) is 16.3 Å². The molecule has 1 fully saturated rings. The quantitative estimate of drug-likeness (QED) is 0.730. The maximum absolute atomic E-state index is 4.59. The molecule has 1 aliphatic carbocycles. The number of rotatable bonds is 7. The van der Waals surface area contributed by atoms with E-state index < -0.39 is 0 Å². The van der Waals surface area contributed by atoms with Crippen molar-refractivity contribution in [2.45, 2.75) is 37.4 Å². The normalized spacial score (nSPS) is 16.7. The molecule has 21 heavy (non-hydrogen) atoms. The fraction of sp³-hybridized carbons (Fsp3) is 0.643. The van der Waals surface area contributed by atoms with Gasteiger partial charge in [-0.15, -0.1) is 0 Å². The maximum atomic E-state index is 4.59. The first-order valence-electron chi connectivity index (χ1n) is 7.50. The van der Waals surface area contributed by atoms with Crippen molar-refractivity contribution in [1.29, 1.82) is 0 Å². The summed E-state index contributed by atoms with van der Waals surface area (Å²) in [6, 6.07) is 0.